The molecule has 0 aliphatic heterocycles. The second-order valence-corrected chi connectivity index (χ2v) is 15.3. The first-order chi connectivity index (χ1) is 18.9. The number of carbonyl (C=O) groups excluding carboxylic acids is 4. The lowest BCUT2D eigenvalue weighted by Crippen LogP contribution is -2.31. The van der Waals surface area contributed by atoms with Gasteiger partial charge in [0.2, 0.25) is 0 Å². The standard InChI is InChI=1S/C36H50O6/c1-33(2,3)25-17-21(18-26(29(25)37)34(4,5)6)15-23(31(39)41-13)24(32(40)42-14)16-22-19-27(35(7,8)9)30(38)28(20-22)36(10,11)12/h15-20,23-24H,1-14H3/t23-,24+. The molecule has 0 aromatic rings. The number of Topliss-reactive ketones (excluding diaryl/α,β-unsaturated/α-hetero) is 2. The van der Waals surface area contributed by atoms with Crippen LogP contribution < -0.4 is 0 Å². The van der Waals surface area contributed by atoms with Gasteiger partial charge in [0.25, 0.3) is 0 Å². The minimum Gasteiger partial charge on any atom is -0.469 e. The van der Waals surface area contributed by atoms with Gasteiger partial charge >= 0.3 is 11.9 Å². The maximum absolute atomic E-state index is 13.5. The van der Waals surface area contributed by atoms with Crippen molar-refractivity contribution >= 4 is 23.5 Å². The van der Waals surface area contributed by atoms with Crippen LogP contribution in [0.1, 0.15) is 83.1 Å². The first-order valence-electron chi connectivity index (χ1n) is 14.5. The van der Waals surface area contributed by atoms with Crippen molar-refractivity contribution in [2.45, 2.75) is 83.1 Å². The molecule has 2 atom stereocenters. The fourth-order valence-electron chi connectivity index (χ4n) is 5.05. The van der Waals surface area contributed by atoms with Gasteiger partial charge in [-0.1, -0.05) is 95.2 Å². The molecule has 0 heterocycles. The highest BCUT2D eigenvalue weighted by Gasteiger charge is 2.38. The van der Waals surface area contributed by atoms with E-state index < -0.39 is 45.4 Å². The van der Waals surface area contributed by atoms with Gasteiger partial charge in [0.15, 0.2) is 11.6 Å². The molecular formula is C36H50O6. The normalized spacial score (nSPS) is 18.3. The average Bonchev–Trinajstić information content (AvgIpc) is 2.83. The summed E-state index contributed by atoms with van der Waals surface area (Å²) in [7, 11) is 2.56. The molecule has 0 radical (unpaired) electrons. The molecule has 230 valence electrons. The Balaban J connectivity index is 2.89. The number of hydrogen-bond donors (Lipinski definition) is 0. The Morgan fingerprint density at radius 3 is 0.905 bits per heavy atom. The molecule has 2 aliphatic rings. The second-order valence-electron chi connectivity index (χ2n) is 15.3. The molecule has 0 aromatic heterocycles. The molecule has 0 saturated heterocycles. The van der Waals surface area contributed by atoms with Gasteiger partial charge in [-0.2, -0.15) is 0 Å². The van der Waals surface area contributed by atoms with Crippen LogP contribution in [0.15, 0.2) is 69.9 Å². The van der Waals surface area contributed by atoms with E-state index in [1.165, 1.54) is 14.2 Å². The number of carbonyl (C=O) groups is 4. The molecule has 0 saturated carbocycles. The summed E-state index contributed by atoms with van der Waals surface area (Å²) in [6.07, 6.45) is 10.6. The quantitative estimate of drug-likeness (QED) is 0.315. The predicted molar refractivity (Wildman–Crippen MR) is 167 cm³/mol. The minimum atomic E-state index is -1.05. The molecule has 2 aliphatic carbocycles. The van der Waals surface area contributed by atoms with Crippen molar-refractivity contribution in [3.8, 4) is 0 Å². The van der Waals surface area contributed by atoms with Crippen molar-refractivity contribution in [3.05, 3.63) is 69.9 Å². The molecule has 42 heavy (non-hydrogen) atoms. The smallest absolute Gasteiger partial charge is 0.313 e. The number of rotatable bonds is 5. The van der Waals surface area contributed by atoms with E-state index in [2.05, 4.69) is 0 Å². The van der Waals surface area contributed by atoms with Crippen LogP contribution in [-0.4, -0.2) is 37.7 Å². The molecule has 6 heteroatoms. The third kappa shape index (κ3) is 7.96. The SMILES string of the molecule is COC(=O)[C@@H](C=C1C=C(C(C)(C)C)C(=O)C(C(C)(C)C)=C1)[C@@H](C=C1C=C(C(C)(C)C)C(=O)C(C(C)(C)C)=C1)C(=O)OC. The van der Waals surface area contributed by atoms with Crippen LogP contribution in [0.5, 0.6) is 0 Å². The molecule has 0 amide bonds. The van der Waals surface area contributed by atoms with Gasteiger partial charge in [-0.25, -0.2) is 0 Å². The van der Waals surface area contributed by atoms with Crippen LogP contribution in [0.25, 0.3) is 0 Å². The zero-order valence-corrected chi connectivity index (χ0v) is 28.1. The van der Waals surface area contributed by atoms with E-state index >= 15 is 0 Å². The second kappa shape index (κ2) is 12.1. The highest BCUT2D eigenvalue weighted by atomic mass is 16.5. The van der Waals surface area contributed by atoms with E-state index in [-0.39, 0.29) is 11.6 Å². The van der Waals surface area contributed by atoms with Gasteiger partial charge in [0.1, 0.15) is 0 Å². The van der Waals surface area contributed by atoms with Crippen molar-refractivity contribution in [2.24, 2.45) is 33.5 Å². The summed E-state index contributed by atoms with van der Waals surface area (Å²) < 4.78 is 10.4. The largest absolute Gasteiger partial charge is 0.469 e. The third-order valence-electron chi connectivity index (χ3n) is 7.53. The maximum Gasteiger partial charge on any atom is 0.313 e. The topological polar surface area (TPSA) is 86.7 Å². The lowest BCUT2D eigenvalue weighted by molar-refractivity contribution is -0.153. The third-order valence-corrected chi connectivity index (χ3v) is 7.53. The number of esters is 2. The molecule has 6 nitrogen and oxygen atoms in total. The Hall–Kier alpha value is -3.28. The first-order valence-corrected chi connectivity index (χ1v) is 14.5. The van der Waals surface area contributed by atoms with E-state index in [0.29, 0.717) is 33.4 Å². The lowest BCUT2D eigenvalue weighted by Gasteiger charge is -2.32. The first kappa shape index (κ1) is 34.9. The van der Waals surface area contributed by atoms with Gasteiger partial charge in [-0.3, -0.25) is 19.2 Å². The van der Waals surface area contributed by atoms with Crippen molar-refractivity contribution in [3.63, 3.8) is 0 Å². The summed E-state index contributed by atoms with van der Waals surface area (Å²) in [6, 6.07) is 0. The van der Waals surface area contributed by atoms with E-state index in [4.69, 9.17) is 9.47 Å². The fraction of sp³-hybridized carbons (Fsp3) is 0.556. The number of ether oxygens (including phenoxy) is 2. The van der Waals surface area contributed by atoms with Crippen LogP contribution >= 0.6 is 0 Å². The summed E-state index contributed by atoms with van der Waals surface area (Å²) in [5.41, 5.74) is 2.01. The van der Waals surface area contributed by atoms with Crippen LogP contribution in [-0.2, 0) is 28.7 Å². The number of methoxy groups -OCH3 is 2. The fourth-order valence-corrected chi connectivity index (χ4v) is 5.05. The van der Waals surface area contributed by atoms with Crippen molar-refractivity contribution < 1.29 is 28.7 Å². The molecule has 0 fully saturated rings. The van der Waals surface area contributed by atoms with Crippen LogP contribution in [0.3, 0.4) is 0 Å². The average molecular weight is 579 g/mol. The van der Waals surface area contributed by atoms with Gasteiger partial charge in [-0.05, 0) is 57.1 Å². The van der Waals surface area contributed by atoms with Gasteiger partial charge in [0, 0.05) is 22.3 Å². The zero-order chi connectivity index (χ0) is 32.6. The van der Waals surface area contributed by atoms with Crippen LogP contribution in [0.2, 0.25) is 0 Å². The molecule has 0 bridgehead atoms. The van der Waals surface area contributed by atoms with Gasteiger partial charge in [0.05, 0.1) is 26.1 Å². The lowest BCUT2D eigenvalue weighted by atomic mass is 9.71. The summed E-state index contributed by atoms with van der Waals surface area (Å²) in [4.78, 5) is 53.5. The highest BCUT2D eigenvalue weighted by Crippen LogP contribution is 2.41. The molecule has 0 unspecified atom stereocenters. The molecule has 0 aromatic carbocycles. The Morgan fingerprint density at radius 1 is 0.524 bits per heavy atom. The van der Waals surface area contributed by atoms with Crippen LogP contribution in [0.4, 0.5) is 0 Å². The van der Waals surface area contributed by atoms with E-state index in [1.54, 1.807) is 36.5 Å². The molecular weight excluding hydrogens is 528 g/mol. The number of hydrogen-bond acceptors (Lipinski definition) is 6. The zero-order valence-electron chi connectivity index (χ0n) is 28.1. The monoisotopic (exact) mass is 578 g/mol. The minimum absolute atomic E-state index is 0.0278. The van der Waals surface area contributed by atoms with Crippen LogP contribution in [0, 0.1) is 33.5 Å². The summed E-state index contributed by atoms with van der Waals surface area (Å²) in [6.45, 7) is 23.7. The van der Waals surface area contributed by atoms with Crippen molar-refractivity contribution in [2.75, 3.05) is 14.2 Å². The summed E-state index contributed by atoms with van der Waals surface area (Å²) in [5.74, 6) is -3.39. The molecule has 0 N–H and O–H groups in total. The van der Waals surface area contributed by atoms with Gasteiger partial charge in [-0.15, -0.1) is 0 Å². The number of ketones is 2. The summed E-state index contributed by atoms with van der Waals surface area (Å²) in [5, 5.41) is 0. The van der Waals surface area contributed by atoms with E-state index in [1.807, 2.05) is 83.1 Å². The molecule has 0 spiro atoms. The Morgan fingerprint density at radius 2 is 0.738 bits per heavy atom. The van der Waals surface area contributed by atoms with Crippen molar-refractivity contribution in [1.29, 1.82) is 0 Å². The van der Waals surface area contributed by atoms with E-state index in [9.17, 15) is 19.2 Å². The van der Waals surface area contributed by atoms with Crippen molar-refractivity contribution in [1.82, 2.24) is 0 Å². The Bertz CT molecular complexity index is 1150. The van der Waals surface area contributed by atoms with E-state index in [0.717, 1.165) is 0 Å². The maximum atomic E-state index is 13.5. The highest BCUT2D eigenvalue weighted by molar-refractivity contribution is 6.12. The Kier molecular flexibility index (Phi) is 10.1. The van der Waals surface area contributed by atoms with Gasteiger partial charge < -0.3 is 9.47 Å². The predicted octanol–water partition coefficient (Wildman–Crippen LogP) is 7.47. The number of allylic oxidation sites excluding steroid dienone is 10. The Labute approximate surface area is 252 Å². The summed E-state index contributed by atoms with van der Waals surface area (Å²) >= 11 is 0. The molecule has 2 rings (SSSR count).